The van der Waals surface area contributed by atoms with E-state index >= 15 is 0 Å². The summed E-state index contributed by atoms with van der Waals surface area (Å²) in [7, 11) is 0. The molecule has 0 spiro atoms. The average molecular weight is 306 g/mol. The smallest absolute Gasteiger partial charge is 0.222 e. The monoisotopic (exact) mass is 306 g/mol. The Labute approximate surface area is 132 Å². The molecule has 3 nitrogen and oxygen atoms in total. The summed E-state index contributed by atoms with van der Waals surface area (Å²) in [5.74, 6) is 0.377. The van der Waals surface area contributed by atoms with Crippen LogP contribution in [-0.2, 0) is 4.79 Å². The Morgan fingerprint density at radius 1 is 1.23 bits per heavy atom. The molecule has 0 bridgehead atoms. The number of hydrogen-bond acceptors (Lipinski definition) is 2. The lowest BCUT2D eigenvalue weighted by molar-refractivity contribution is -0.131. The van der Waals surface area contributed by atoms with Gasteiger partial charge in [0.05, 0.1) is 0 Å². The highest BCUT2D eigenvalue weighted by Crippen LogP contribution is 2.32. The van der Waals surface area contributed by atoms with E-state index in [9.17, 15) is 9.18 Å². The molecular weight excluding hydrogens is 279 g/mol. The quantitative estimate of drug-likeness (QED) is 0.784. The number of unbranched alkanes of at least 4 members (excludes halogenated alkanes) is 3. The molecule has 4 heteroatoms. The number of hydrogen-bond donors (Lipinski definition) is 1. The minimum atomic E-state index is -0.208. The highest BCUT2D eigenvalue weighted by molar-refractivity contribution is 5.77. The van der Waals surface area contributed by atoms with Gasteiger partial charge in [-0.25, -0.2) is 4.39 Å². The van der Waals surface area contributed by atoms with E-state index in [0.29, 0.717) is 12.3 Å². The Bertz CT molecular complexity index is 474. The van der Waals surface area contributed by atoms with Gasteiger partial charge in [0.2, 0.25) is 5.91 Å². The van der Waals surface area contributed by atoms with Gasteiger partial charge in [-0.1, -0.05) is 25.0 Å². The number of nitrogens with zero attached hydrogens (tertiary/aromatic N) is 1. The number of rotatable bonds is 7. The maximum absolute atomic E-state index is 13.0. The van der Waals surface area contributed by atoms with Crippen molar-refractivity contribution in [3.05, 3.63) is 35.6 Å². The van der Waals surface area contributed by atoms with Crippen molar-refractivity contribution < 1.29 is 9.18 Å². The van der Waals surface area contributed by atoms with Crippen molar-refractivity contribution in [2.24, 2.45) is 5.73 Å². The predicted octanol–water partition coefficient (Wildman–Crippen LogP) is 3.44. The summed E-state index contributed by atoms with van der Waals surface area (Å²) in [4.78, 5) is 14.4. The summed E-state index contributed by atoms with van der Waals surface area (Å²) in [5.41, 5.74) is 6.60. The van der Waals surface area contributed by atoms with Crippen molar-refractivity contribution in [2.75, 3.05) is 13.1 Å². The van der Waals surface area contributed by atoms with Crippen LogP contribution in [0.3, 0.4) is 0 Å². The van der Waals surface area contributed by atoms with Crippen LogP contribution in [0.25, 0.3) is 0 Å². The van der Waals surface area contributed by atoms with E-state index in [1.807, 2.05) is 17.0 Å². The third-order valence-electron chi connectivity index (χ3n) is 4.58. The van der Waals surface area contributed by atoms with E-state index in [1.165, 1.54) is 12.1 Å². The maximum Gasteiger partial charge on any atom is 0.222 e. The second-order valence-corrected chi connectivity index (χ2v) is 6.33. The molecule has 1 heterocycles. The molecule has 1 aromatic carbocycles. The lowest BCUT2D eigenvalue weighted by atomic mass is 9.97. The first-order valence-electron chi connectivity index (χ1n) is 8.37. The fourth-order valence-corrected chi connectivity index (χ4v) is 3.27. The first-order chi connectivity index (χ1) is 10.6. The number of carbonyl (C=O) groups is 1. The van der Waals surface area contributed by atoms with Gasteiger partial charge in [0.1, 0.15) is 5.82 Å². The van der Waals surface area contributed by atoms with E-state index in [1.54, 1.807) is 0 Å². The van der Waals surface area contributed by atoms with Crippen LogP contribution in [0.1, 0.15) is 56.9 Å². The largest absolute Gasteiger partial charge is 0.339 e. The van der Waals surface area contributed by atoms with Crippen molar-refractivity contribution in [3.63, 3.8) is 0 Å². The van der Waals surface area contributed by atoms with Crippen LogP contribution >= 0.6 is 0 Å². The van der Waals surface area contributed by atoms with Crippen molar-refractivity contribution >= 4 is 5.91 Å². The minimum Gasteiger partial charge on any atom is -0.339 e. The van der Waals surface area contributed by atoms with Gasteiger partial charge in [-0.15, -0.1) is 0 Å². The van der Waals surface area contributed by atoms with Gasteiger partial charge in [0.25, 0.3) is 0 Å². The minimum absolute atomic E-state index is 0.208. The summed E-state index contributed by atoms with van der Waals surface area (Å²) in [6, 6.07) is 6.96. The maximum atomic E-state index is 13.0. The molecule has 122 valence electrons. The zero-order valence-electron chi connectivity index (χ0n) is 13.4. The summed E-state index contributed by atoms with van der Waals surface area (Å²) in [6.07, 6.45) is 5.77. The highest BCUT2D eigenvalue weighted by Gasteiger charge is 2.32. The standard InChI is InChI=1S/C18H27FN2O/c1-14-12-16(15-7-9-17(19)10-8-15)13-21(14)18(22)6-4-2-3-5-11-20/h7-10,14,16H,2-6,11-13,20H2,1H3. The summed E-state index contributed by atoms with van der Waals surface area (Å²) >= 11 is 0. The fraction of sp³-hybridized carbons (Fsp3) is 0.611. The number of likely N-dealkylation sites (tertiary alicyclic amines) is 1. The SMILES string of the molecule is CC1CC(c2ccc(F)cc2)CN1C(=O)CCCCCCN. The Morgan fingerprint density at radius 2 is 1.91 bits per heavy atom. The molecular formula is C18H27FN2O. The number of amides is 1. The molecule has 0 aromatic heterocycles. The normalized spacial score (nSPS) is 21.3. The van der Waals surface area contributed by atoms with E-state index in [4.69, 9.17) is 5.73 Å². The number of nitrogens with two attached hydrogens (primary N) is 1. The number of benzene rings is 1. The molecule has 0 saturated carbocycles. The fourth-order valence-electron chi connectivity index (χ4n) is 3.27. The lowest BCUT2D eigenvalue weighted by Crippen LogP contribution is -2.33. The van der Waals surface area contributed by atoms with Gasteiger partial charge in [-0.3, -0.25) is 4.79 Å². The van der Waals surface area contributed by atoms with Crippen LogP contribution in [0.5, 0.6) is 0 Å². The molecule has 2 rings (SSSR count). The molecule has 1 saturated heterocycles. The first kappa shape index (κ1) is 16.9. The van der Waals surface area contributed by atoms with Crippen molar-refractivity contribution in [1.82, 2.24) is 4.90 Å². The van der Waals surface area contributed by atoms with Crippen molar-refractivity contribution in [2.45, 2.75) is 57.4 Å². The Balaban J connectivity index is 1.82. The summed E-state index contributed by atoms with van der Waals surface area (Å²) < 4.78 is 13.0. The van der Waals surface area contributed by atoms with Crippen LogP contribution in [0.4, 0.5) is 4.39 Å². The van der Waals surface area contributed by atoms with Gasteiger partial charge >= 0.3 is 0 Å². The van der Waals surface area contributed by atoms with E-state index in [2.05, 4.69) is 6.92 Å². The van der Waals surface area contributed by atoms with Crippen molar-refractivity contribution in [3.8, 4) is 0 Å². The van der Waals surface area contributed by atoms with Gasteiger partial charge in [-0.05, 0) is 50.4 Å². The molecule has 2 N–H and O–H groups in total. The Kier molecular flexibility index (Phi) is 6.37. The van der Waals surface area contributed by atoms with E-state index in [-0.39, 0.29) is 17.8 Å². The van der Waals surface area contributed by atoms with Crippen LogP contribution in [0.2, 0.25) is 0 Å². The van der Waals surface area contributed by atoms with Gasteiger partial charge in [-0.2, -0.15) is 0 Å². The highest BCUT2D eigenvalue weighted by atomic mass is 19.1. The zero-order chi connectivity index (χ0) is 15.9. The van der Waals surface area contributed by atoms with E-state index < -0.39 is 0 Å². The Morgan fingerprint density at radius 3 is 2.59 bits per heavy atom. The topological polar surface area (TPSA) is 46.3 Å². The van der Waals surface area contributed by atoms with Crippen LogP contribution in [0.15, 0.2) is 24.3 Å². The lowest BCUT2D eigenvalue weighted by Gasteiger charge is -2.21. The summed E-state index contributed by atoms with van der Waals surface area (Å²) in [5, 5.41) is 0. The van der Waals surface area contributed by atoms with Crippen molar-refractivity contribution in [1.29, 1.82) is 0 Å². The Hall–Kier alpha value is -1.42. The molecule has 1 aromatic rings. The second kappa shape index (κ2) is 8.28. The van der Waals surface area contributed by atoms with Crippen LogP contribution < -0.4 is 5.73 Å². The first-order valence-corrected chi connectivity index (χ1v) is 8.37. The van der Waals surface area contributed by atoms with Gasteiger partial charge < -0.3 is 10.6 Å². The predicted molar refractivity (Wildman–Crippen MR) is 87.1 cm³/mol. The molecule has 1 fully saturated rings. The average Bonchev–Trinajstić information content (AvgIpc) is 2.89. The summed E-state index contributed by atoms with van der Waals surface area (Å²) in [6.45, 7) is 3.60. The molecule has 0 aliphatic carbocycles. The van der Waals surface area contributed by atoms with Gasteiger partial charge in [0, 0.05) is 24.9 Å². The van der Waals surface area contributed by atoms with Crippen LogP contribution in [-0.4, -0.2) is 29.9 Å². The molecule has 22 heavy (non-hydrogen) atoms. The van der Waals surface area contributed by atoms with Crippen LogP contribution in [0, 0.1) is 5.82 Å². The third-order valence-corrected chi connectivity index (χ3v) is 4.58. The van der Waals surface area contributed by atoms with Gasteiger partial charge in [0.15, 0.2) is 0 Å². The molecule has 2 unspecified atom stereocenters. The molecule has 1 aliphatic heterocycles. The molecule has 0 radical (unpaired) electrons. The molecule has 1 aliphatic rings. The molecule has 1 amide bonds. The third kappa shape index (κ3) is 4.54. The number of halogens is 1. The number of carbonyl (C=O) groups excluding carboxylic acids is 1. The zero-order valence-corrected chi connectivity index (χ0v) is 13.4. The molecule has 2 atom stereocenters. The second-order valence-electron chi connectivity index (χ2n) is 6.33. The van der Waals surface area contributed by atoms with E-state index in [0.717, 1.165) is 50.8 Å².